The second-order valence-corrected chi connectivity index (χ2v) is 6.21. The largest absolute Gasteiger partial charge is 0.477 e. The van der Waals surface area contributed by atoms with Gasteiger partial charge in [0.2, 0.25) is 0 Å². The molecule has 0 aliphatic heterocycles. The predicted molar refractivity (Wildman–Crippen MR) is 77.8 cm³/mol. The van der Waals surface area contributed by atoms with E-state index in [1.54, 1.807) is 22.9 Å². The highest BCUT2D eigenvalue weighted by atomic mass is 32.1. The maximum absolute atomic E-state index is 13.1. The zero-order chi connectivity index (χ0) is 14.6. The summed E-state index contributed by atoms with van der Waals surface area (Å²) in [4.78, 5) is 12.3. The molecule has 6 heteroatoms. The standard InChI is InChI=1S/C15H11FN2O2S/c16-9-3-5-10(6-4-9)18-14-11(7-12(21-14)15(19)20)13(17-18)8-1-2-8/h3-8H,1-2H2,(H,19,20). The van der Waals surface area contributed by atoms with Crippen LogP contribution in [0, 0.1) is 5.82 Å². The van der Waals surface area contributed by atoms with E-state index < -0.39 is 5.97 Å². The van der Waals surface area contributed by atoms with Crippen LogP contribution < -0.4 is 0 Å². The lowest BCUT2D eigenvalue weighted by atomic mass is 10.2. The number of nitrogens with zero attached hydrogens (tertiary/aromatic N) is 2. The summed E-state index contributed by atoms with van der Waals surface area (Å²) >= 11 is 1.20. The van der Waals surface area contributed by atoms with E-state index in [4.69, 9.17) is 0 Å². The number of carbonyl (C=O) groups is 1. The number of halogens is 1. The lowest BCUT2D eigenvalue weighted by molar-refractivity contribution is 0.0702. The van der Waals surface area contributed by atoms with E-state index in [9.17, 15) is 14.3 Å². The third-order valence-electron chi connectivity index (χ3n) is 3.63. The molecule has 0 spiro atoms. The Bertz CT molecular complexity index is 847. The van der Waals surface area contributed by atoms with E-state index in [0.717, 1.165) is 34.4 Å². The molecule has 1 fully saturated rings. The second kappa shape index (κ2) is 4.39. The zero-order valence-corrected chi connectivity index (χ0v) is 11.7. The van der Waals surface area contributed by atoms with Gasteiger partial charge in [0.05, 0.1) is 11.4 Å². The summed E-state index contributed by atoms with van der Waals surface area (Å²) in [6.07, 6.45) is 2.18. The van der Waals surface area contributed by atoms with Gasteiger partial charge >= 0.3 is 5.97 Å². The van der Waals surface area contributed by atoms with Gasteiger partial charge in [0.15, 0.2) is 0 Å². The highest BCUT2D eigenvalue weighted by Gasteiger charge is 2.30. The number of rotatable bonds is 3. The van der Waals surface area contributed by atoms with Crippen molar-refractivity contribution in [2.75, 3.05) is 0 Å². The van der Waals surface area contributed by atoms with Gasteiger partial charge in [0, 0.05) is 11.3 Å². The first-order chi connectivity index (χ1) is 10.1. The predicted octanol–water partition coefficient (Wildman–Crippen LogP) is 3.80. The van der Waals surface area contributed by atoms with Crippen molar-refractivity contribution < 1.29 is 14.3 Å². The summed E-state index contributed by atoms with van der Waals surface area (Å²) < 4.78 is 14.8. The molecule has 2 heterocycles. The van der Waals surface area contributed by atoms with Gasteiger partial charge in [-0.2, -0.15) is 5.10 Å². The molecule has 2 aromatic heterocycles. The van der Waals surface area contributed by atoms with Crippen molar-refractivity contribution in [2.24, 2.45) is 0 Å². The van der Waals surface area contributed by atoms with Crippen LogP contribution >= 0.6 is 11.3 Å². The van der Waals surface area contributed by atoms with Crippen LogP contribution in [-0.4, -0.2) is 20.9 Å². The van der Waals surface area contributed by atoms with Gasteiger partial charge < -0.3 is 5.11 Å². The Morgan fingerprint density at radius 1 is 1.33 bits per heavy atom. The Morgan fingerprint density at radius 3 is 2.67 bits per heavy atom. The molecule has 0 amide bonds. The Morgan fingerprint density at radius 2 is 2.05 bits per heavy atom. The van der Waals surface area contributed by atoms with Crippen LogP contribution in [0.1, 0.15) is 34.1 Å². The molecular weight excluding hydrogens is 291 g/mol. The molecular formula is C15H11FN2O2S. The maximum Gasteiger partial charge on any atom is 0.345 e. The summed E-state index contributed by atoms with van der Waals surface area (Å²) in [6, 6.07) is 7.76. The average molecular weight is 302 g/mol. The Balaban J connectivity index is 1.95. The normalized spacial score (nSPS) is 14.7. The minimum Gasteiger partial charge on any atom is -0.477 e. The van der Waals surface area contributed by atoms with Gasteiger partial charge in [-0.15, -0.1) is 11.3 Å². The maximum atomic E-state index is 13.1. The van der Waals surface area contributed by atoms with Crippen molar-refractivity contribution in [3.63, 3.8) is 0 Å². The van der Waals surface area contributed by atoms with Gasteiger partial charge in [-0.25, -0.2) is 13.9 Å². The van der Waals surface area contributed by atoms with Crippen LogP contribution in [0.2, 0.25) is 0 Å². The van der Waals surface area contributed by atoms with E-state index in [-0.39, 0.29) is 5.82 Å². The first kappa shape index (κ1) is 12.5. The monoisotopic (exact) mass is 302 g/mol. The van der Waals surface area contributed by atoms with Crippen molar-refractivity contribution in [1.82, 2.24) is 9.78 Å². The molecule has 0 atom stereocenters. The lowest BCUT2D eigenvalue weighted by Crippen LogP contribution is -1.97. The van der Waals surface area contributed by atoms with Gasteiger partial charge in [-0.3, -0.25) is 0 Å². The van der Waals surface area contributed by atoms with Gasteiger partial charge in [0.1, 0.15) is 15.5 Å². The van der Waals surface area contributed by atoms with E-state index >= 15 is 0 Å². The van der Waals surface area contributed by atoms with Crippen LogP contribution in [0.15, 0.2) is 30.3 Å². The number of thiophene rings is 1. The molecule has 1 aliphatic carbocycles. The Kier molecular flexibility index (Phi) is 2.62. The van der Waals surface area contributed by atoms with Crippen LogP contribution in [0.25, 0.3) is 15.9 Å². The molecule has 21 heavy (non-hydrogen) atoms. The van der Waals surface area contributed by atoms with Crippen LogP contribution in [0.3, 0.4) is 0 Å². The van der Waals surface area contributed by atoms with Crippen LogP contribution in [0.5, 0.6) is 0 Å². The molecule has 4 nitrogen and oxygen atoms in total. The Hall–Kier alpha value is -2.21. The molecule has 106 valence electrons. The van der Waals surface area contributed by atoms with Gasteiger partial charge in [-0.1, -0.05) is 0 Å². The van der Waals surface area contributed by atoms with Crippen molar-refractivity contribution in [3.8, 4) is 5.69 Å². The molecule has 0 bridgehead atoms. The third kappa shape index (κ3) is 2.03. The van der Waals surface area contributed by atoms with Gasteiger partial charge in [0.25, 0.3) is 0 Å². The SMILES string of the molecule is O=C(O)c1cc2c(C3CC3)nn(-c3ccc(F)cc3)c2s1. The highest BCUT2D eigenvalue weighted by Crippen LogP contribution is 2.44. The first-order valence-electron chi connectivity index (χ1n) is 6.65. The summed E-state index contributed by atoms with van der Waals surface area (Å²) in [5.74, 6) is -0.809. The molecule has 4 rings (SSSR count). The number of carboxylic acids is 1. The quantitative estimate of drug-likeness (QED) is 0.800. The number of fused-ring (bicyclic) bond motifs is 1. The van der Waals surface area contributed by atoms with Crippen LogP contribution in [0.4, 0.5) is 4.39 Å². The first-order valence-corrected chi connectivity index (χ1v) is 7.47. The van der Waals surface area contributed by atoms with E-state index in [1.165, 1.54) is 23.5 Å². The highest BCUT2D eigenvalue weighted by molar-refractivity contribution is 7.20. The molecule has 1 saturated carbocycles. The minimum atomic E-state index is -0.927. The fourth-order valence-corrected chi connectivity index (χ4v) is 3.43. The van der Waals surface area contributed by atoms with Crippen molar-refractivity contribution in [3.05, 3.63) is 46.7 Å². The number of hydrogen-bond donors (Lipinski definition) is 1. The van der Waals surface area contributed by atoms with Crippen molar-refractivity contribution >= 4 is 27.5 Å². The molecule has 0 saturated heterocycles. The number of hydrogen-bond acceptors (Lipinski definition) is 3. The minimum absolute atomic E-state index is 0.304. The van der Waals surface area contributed by atoms with Crippen molar-refractivity contribution in [1.29, 1.82) is 0 Å². The second-order valence-electron chi connectivity index (χ2n) is 5.18. The molecule has 1 aromatic carbocycles. The number of carboxylic acid groups (broad SMARTS) is 1. The number of aromatic nitrogens is 2. The van der Waals surface area contributed by atoms with Crippen molar-refractivity contribution in [2.45, 2.75) is 18.8 Å². The Labute approximate surface area is 123 Å². The summed E-state index contributed by atoms with van der Waals surface area (Å²) in [5, 5.41) is 14.7. The number of benzene rings is 1. The summed E-state index contributed by atoms with van der Waals surface area (Å²) in [6.45, 7) is 0. The zero-order valence-electron chi connectivity index (χ0n) is 10.9. The summed E-state index contributed by atoms with van der Waals surface area (Å²) in [7, 11) is 0. The number of aromatic carboxylic acids is 1. The molecule has 1 N–H and O–H groups in total. The van der Waals surface area contributed by atoms with E-state index in [1.807, 2.05) is 0 Å². The fraction of sp³-hybridized carbons (Fsp3) is 0.200. The third-order valence-corrected chi connectivity index (χ3v) is 4.73. The summed E-state index contributed by atoms with van der Waals surface area (Å²) in [5.41, 5.74) is 1.70. The smallest absolute Gasteiger partial charge is 0.345 e. The van der Waals surface area contributed by atoms with E-state index in [2.05, 4.69) is 5.10 Å². The molecule has 1 aliphatic rings. The molecule has 0 radical (unpaired) electrons. The lowest BCUT2D eigenvalue weighted by Gasteiger charge is -2.01. The van der Waals surface area contributed by atoms with Crippen LogP contribution in [-0.2, 0) is 0 Å². The topological polar surface area (TPSA) is 55.1 Å². The average Bonchev–Trinajstić information content (AvgIpc) is 3.10. The van der Waals surface area contributed by atoms with Gasteiger partial charge in [-0.05, 0) is 43.2 Å². The fourth-order valence-electron chi connectivity index (χ4n) is 2.45. The molecule has 3 aromatic rings. The van der Waals surface area contributed by atoms with E-state index in [0.29, 0.717) is 10.8 Å². The molecule has 0 unspecified atom stereocenters.